The summed E-state index contributed by atoms with van der Waals surface area (Å²) in [4.78, 5) is 2.43. The van der Waals surface area contributed by atoms with E-state index in [1.165, 1.54) is 12.8 Å². The van der Waals surface area contributed by atoms with Gasteiger partial charge in [0.05, 0.1) is 11.6 Å². The zero-order chi connectivity index (χ0) is 14.4. The van der Waals surface area contributed by atoms with Crippen LogP contribution in [-0.4, -0.2) is 37.2 Å². The normalized spacial score (nSPS) is 23.2. The van der Waals surface area contributed by atoms with Crippen molar-refractivity contribution in [2.45, 2.75) is 25.8 Å². The molecule has 1 aliphatic heterocycles. The Bertz CT molecular complexity index is 452. The maximum atomic E-state index is 8.74. The van der Waals surface area contributed by atoms with Gasteiger partial charge in [0.25, 0.3) is 0 Å². The van der Waals surface area contributed by atoms with Gasteiger partial charge in [0.2, 0.25) is 0 Å². The molecule has 1 aromatic rings. The highest BCUT2D eigenvalue weighted by Gasteiger charge is 2.24. The van der Waals surface area contributed by atoms with Crippen LogP contribution in [0.2, 0.25) is 0 Å². The molecule has 0 bridgehead atoms. The Kier molecular flexibility index (Phi) is 5.40. The van der Waals surface area contributed by atoms with E-state index >= 15 is 0 Å². The van der Waals surface area contributed by atoms with Crippen molar-refractivity contribution >= 4 is 0 Å². The zero-order valence-corrected chi connectivity index (χ0v) is 12.1. The Balaban J connectivity index is 1.78. The number of nitrogens with two attached hydrogens (primary N) is 1. The highest BCUT2D eigenvalue weighted by Crippen LogP contribution is 2.21. The van der Waals surface area contributed by atoms with E-state index in [1.54, 1.807) is 12.1 Å². The quantitative estimate of drug-likeness (QED) is 0.891. The molecule has 2 atom stereocenters. The van der Waals surface area contributed by atoms with Crippen molar-refractivity contribution in [1.29, 1.82) is 5.26 Å². The number of likely N-dealkylation sites (tertiary alicyclic amines) is 1. The molecule has 0 aliphatic carbocycles. The number of hydrogen-bond acceptors (Lipinski definition) is 4. The minimum Gasteiger partial charge on any atom is -0.492 e. The van der Waals surface area contributed by atoms with E-state index in [9.17, 15) is 0 Å². The van der Waals surface area contributed by atoms with Crippen LogP contribution in [-0.2, 0) is 0 Å². The molecule has 2 N–H and O–H groups in total. The fraction of sp³-hybridized carbons (Fsp3) is 0.562. The molecule has 20 heavy (non-hydrogen) atoms. The molecule has 0 radical (unpaired) electrons. The minimum atomic E-state index is 0.489. The van der Waals surface area contributed by atoms with E-state index in [0.717, 1.165) is 31.3 Å². The maximum Gasteiger partial charge on any atom is 0.119 e. The molecule has 2 unspecified atom stereocenters. The van der Waals surface area contributed by atoms with Gasteiger partial charge in [-0.1, -0.05) is 6.92 Å². The lowest BCUT2D eigenvalue weighted by Crippen LogP contribution is -2.47. The lowest BCUT2D eigenvalue weighted by Gasteiger charge is -2.37. The monoisotopic (exact) mass is 273 g/mol. The van der Waals surface area contributed by atoms with Crippen LogP contribution in [0, 0.1) is 17.2 Å². The van der Waals surface area contributed by atoms with E-state index in [2.05, 4.69) is 17.9 Å². The number of nitriles is 1. The number of benzene rings is 1. The third-order valence-electron chi connectivity index (χ3n) is 4.00. The third-order valence-corrected chi connectivity index (χ3v) is 4.00. The van der Waals surface area contributed by atoms with E-state index in [0.29, 0.717) is 18.2 Å². The number of ether oxygens (including phenoxy) is 1. The van der Waals surface area contributed by atoms with Crippen molar-refractivity contribution < 1.29 is 4.74 Å². The van der Waals surface area contributed by atoms with Gasteiger partial charge in [-0.2, -0.15) is 5.26 Å². The summed E-state index contributed by atoms with van der Waals surface area (Å²) in [6, 6.07) is 9.84. The first-order valence-corrected chi connectivity index (χ1v) is 7.30. The summed E-state index contributed by atoms with van der Waals surface area (Å²) < 4.78 is 5.74. The lowest BCUT2D eigenvalue weighted by molar-refractivity contribution is 0.103. The highest BCUT2D eigenvalue weighted by atomic mass is 16.5. The molecule has 108 valence electrons. The van der Waals surface area contributed by atoms with Crippen molar-refractivity contribution in [2.24, 2.45) is 11.7 Å². The first-order chi connectivity index (χ1) is 9.72. The SMILES string of the molecule is CC1CCN(CCOc2ccc(C#N)cc2)C(CN)C1. The standard InChI is InChI=1S/C16H23N3O/c1-13-6-7-19(15(10-13)12-18)8-9-20-16-4-2-14(11-17)3-5-16/h2-5,13,15H,6-10,12,18H2,1H3. The van der Waals surface area contributed by atoms with Crippen LogP contribution in [0.5, 0.6) is 5.75 Å². The van der Waals surface area contributed by atoms with Crippen LogP contribution in [0.1, 0.15) is 25.3 Å². The fourth-order valence-corrected chi connectivity index (χ4v) is 2.75. The van der Waals surface area contributed by atoms with Crippen LogP contribution in [0.4, 0.5) is 0 Å². The van der Waals surface area contributed by atoms with Crippen LogP contribution < -0.4 is 10.5 Å². The molecule has 1 heterocycles. The summed E-state index contributed by atoms with van der Waals surface area (Å²) in [6.07, 6.45) is 2.43. The molecule has 1 aliphatic rings. The number of rotatable bonds is 5. The predicted octanol–water partition coefficient (Wildman–Crippen LogP) is 2.00. The molecule has 0 spiro atoms. The third kappa shape index (κ3) is 3.96. The van der Waals surface area contributed by atoms with Gasteiger partial charge in [0.15, 0.2) is 0 Å². The first kappa shape index (κ1) is 14.8. The van der Waals surface area contributed by atoms with Gasteiger partial charge in [-0.25, -0.2) is 0 Å². The second-order valence-electron chi connectivity index (χ2n) is 5.54. The summed E-state index contributed by atoms with van der Waals surface area (Å²) in [7, 11) is 0. The van der Waals surface area contributed by atoms with Crippen LogP contribution >= 0.6 is 0 Å². The number of piperidine rings is 1. The van der Waals surface area contributed by atoms with Gasteiger partial charge in [0.1, 0.15) is 12.4 Å². The van der Waals surface area contributed by atoms with Gasteiger partial charge in [-0.15, -0.1) is 0 Å². The van der Waals surface area contributed by atoms with Crippen LogP contribution in [0.15, 0.2) is 24.3 Å². The molecule has 4 nitrogen and oxygen atoms in total. The average Bonchev–Trinajstić information content (AvgIpc) is 2.49. The zero-order valence-electron chi connectivity index (χ0n) is 12.1. The van der Waals surface area contributed by atoms with Gasteiger partial charge < -0.3 is 10.5 Å². The molecule has 2 rings (SSSR count). The lowest BCUT2D eigenvalue weighted by atomic mass is 9.92. The summed E-state index contributed by atoms with van der Waals surface area (Å²) in [5, 5.41) is 8.74. The number of hydrogen-bond donors (Lipinski definition) is 1. The van der Waals surface area contributed by atoms with Gasteiger partial charge in [-0.05, 0) is 49.6 Å². The van der Waals surface area contributed by atoms with Gasteiger partial charge >= 0.3 is 0 Å². The molecule has 0 aromatic heterocycles. The predicted molar refractivity (Wildman–Crippen MR) is 79.5 cm³/mol. The Labute approximate surface area is 121 Å². The summed E-state index contributed by atoms with van der Waals surface area (Å²) in [5.41, 5.74) is 6.52. The van der Waals surface area contributed by atoms with Crippen molar-refractivity contribution in [2.75, 3.05) is 26.2 Å². The van der Waals surface area contributed by atoms with Crippen LogP contribution in [0.3, 0.4) is 0 Å². The van der Waals surface area contributed by atoms with E-state index in [-0.39, 0.29) is 0 Å². The summed E-state index contributed by atoms with van der Waals surface area (Å²) in [6.45, 7) is 5.71. The second-order valence-corrected chi connectivity index (χ2v) is 5.54. The molecule has 0 amide bonds. The van der Waals surface area contributed by atoms with Gasteiger partial charge in [-0.3, -0.25) is 4.90 Å². The molecule has 0 saturated carbocycles. The maximum absolute atomic E-state index is 8.74. The number of nitrogens with zero attached hydrogens (tertiary/aromatic N) is 2. The highest BCUT2D eigenvalue weighted by molar-refractivity contribution is 5.34. The Morgan fingerprint density at radius 1 is 1.40 bits per heavy atom. The molecular weight excluding hydrogens is 250 g/mol. The summed E-state index contributed by atoms with van der Waals surface area (Å²) >= 11 is 0. The van der Waals surface area contributed by atoms with E-state index in [1.807, 2.05) is 12.1 Å². The van der Waals surface area contributed by atoms with Gasteiger partial charge in [0, 0.05) is 19.1 Å². The van der Waals surface area contributed by atoms with Crippen molar-refractivity contribution in [3.63, 3.8) is 0 Å². The summed E-state index contributed by atoms with van der Waals surface area (Å²) in [5.74, 6) is 1.60. The molecular formula is C16H23N3O. The van der Waals surface area contributed by atoms with E-state index in [4.69, 9.17) is 15.7 Å². The Hall–Kier alpha value is -1.57. The van der Waals surface area contributed by atoms with Crippen LogP contribution in [0.25, 0.3) is 0 Å². The van der Waals surface area contributed by atoms with Crippen molar-refractivity contribution in [3.05, 3.63) is 29.8 Å². The van der Waals surface area contributed by atoms with E-state index < -0.39 is 0 Å². The molecule has 4 heteroatoms. The molecule has 1 fully saturated rings. The molecule has 1 aromatic carbocycles. The second kappa shape index (κ2) is 7.28. The van der Waals surface area contributed by atoms with Crippen molar-refractivity contribution in [3.8, 4) is 11.8 Å². The topological polar surface area (TPSA) is 62.3 Å². The smallest absolute Gasteiger partial charge is 0.119 e. The fourth-order valence-electron chi connectivity index (χ4n) is 2.75. The average molecular weight is 273 g/mol. The Morgan fingerprint density at radius 2 is 2.15 bits per heavy atom. The minimum absolute atomic E-state index is 0.489. The first-order valence-electron chi connectivity index (χ1n) is 7.30. The Morgan fingerprint density at radius 3 is 2.80 bits per heavy atom. The largest absolute Gasteiger partial charge is 0.492 e. The van der Waals surface area contributed by atoms with Crippen molar-refractivity contribution in [1.82, 2.24) is 4.90 Å². The molecule has 1 saturated heterocycles.